The summed E-state index contributed by atoms with van der Waals surface area (Å²) in [6.07, 6.45) is 10.5. The number of hydrogen-bond donors (Lipinski definition) is 1. The van der Waals surface area contributed by atoms with Gasteiger partial charge in [-0.15, -0.1) is 6.42 Å². The molecule has 8 heteroatoms. The van der Waals surface area contributed by atoms with Crippen LogP contribution in [-0.4, -0.2) is 51.1 Å². The fourth-order valence-electron chi connectivity index (χ4n) is 4.10. The van der Waals surface area contributed by atoms with Gasteiger partial charge in [0.25, 0.3) is 0 Å². The van der Waals surface area contributed by atoms with Crippen LogP contribution in [0.25, 0.3) is 16.6 Å². The van der Waals surface area contributed by atoms with Crippen LogP contribution in [0.2, 0.25) is 0 Å². The standard InChI is InChI=1S/C30H25N5O3/c1-4-21-6-9-24(10-7-21)38-26-18-34(19-26)28-11-8-22(16-32-28)27-14-25(37-13-5-12-30(2,3)36)20-35-29(27)23(15-31)17-33-35/h1,6-11,14,16-17,20,26,36H,13,18-19H2,2-3H3. The molecule has 0 amide bonds. The van der Waals surface area contributed by atoms with Gasteiger partial charge >= 0.3 is 0 Å². The molecule has 5 rings (SSSR count). The summed E-state index contributed by atoms with van der Waals surface area (Å²) < 4.78 is 13.4. The predicted molar refractivity (Wildman–Crippen MR) is 144 cm³/mol. The first-order valence-electron chi connectivity index (χ1n) is 12.0. The van der Waals surface area contributed by atoms with Crippen LogP contribution in [0.5, 0.6) is 11.5 Å². The summed E-state index contributed by atoms with van der Waals surface area (Å²) in [4.78, 5) is 6.80. The Morgan fingerprint density at radius 1 is 1.13 bits per heavy atom. The number of aliphatic hydroxyl groups is 1. The maximum Gasteiger partial charge on any atom is 0.149 e. The Labute approximate surface area is 221 Å². The van der Waals surface area contributed by atoms with Crippen LogP contribution in [-0.2, 0) is 0 Å². The van der Waals surface area contributed by atoms with Crippen LogP contribution in [0.3, 0.4) is 0 Å². The molecule has 1 saturated heterocycles. The average molecular weight is 504 g/mol. The second-order valence-electron chi connectivity index (χ2n) is 9.42. The SMILES string of the molecule is C#Cc1ccc(OC2CN(c3ccc(-c4cc(OCC#CC(C)(C)O)cn5ncc(C#N)c45)cn3)C2)cc1. The predicted octanol–water partition coefficient (Wildman–Crippen LogP) is 3.67. The fraction of sp³-hybridized carbons (Fsp3) is 0.233. The van der Waals surface area contributed by atoms with E-state index in [-0.39, 0.29) is 12.7 Å². The van der Waals surface area contributed by atoms with Gasteiger partial charge in [-0.25, -0.2) is 9.50 Å². The number of ether oxygens (including phenoxy) is 2. The second kappa shape index (κ2) is 10.2. The summed E-state index contributed by atoms with van der Waals surface area (Å²) in [5, 5.41) is 23.7. The third kappa shape index (κ3) is 5.39. The number of aromatic nitrogens is 3. The molecule has 0 atom stereocenters. The van der Waals surface area contributed by atoms with Crippen molar-refractivity contribution >= 4 is 11.3 Å². The van der Waals surface area contributed by atoms with E-state index in [2.05, 4.69) is 38.8 Å². The first-order chi connectivity index (χ1) is 18.3. The molecule has 38 heavy (non-hydrogen) atoms. The Morgan fingerprint density at radius 3 is 2.58 bits per heavy atom. The highest BCUT2D eigenvalue weighted by molar-refractivity contribution is 5.85. The van der Waals surface area contributed by atoms with E-state index in [4.69, 9.17) is 15.9 Å². The highest BCUT2D eigenvalue weighted by atomic mass is 16.5. The molecule has 0 aliphatic carbocycles. The lowest BCUT2D eigenvalue weighted by atomic mass is 10.0. The summed E-state index contributed by atoms with van der Waals surface area (Å²) in [6.45, 7) is 4.78. The van der Waals surface area contributed by atoms with Gasteiger partial charge < -0.3 is 19.5 Å². The molecular weight excluding hydrogens is 478 g/mol. The van der Waals surface area contributed by atoms with Gasteiger partial charge in [-0.1, -0.05) is 17.8 Å². The minimum atomic E-state index is -1.09. The molecule has 1 fully saturated rings. The molecule has 3 aromatic heterocycles. The minimum Gasteiger partial charge on any atom is -0.487 e. The number of fused-ring (bicyclic) bond motifs is 1. The molecular formula is C30H25N5O3. The monoisotopic (exact) mass is 503 g/mol. The zero-order valence-corrected chi connectivity index (χ0v) is 21.0. The molecule has 0 radical (unpaired) electrons. The fourth-order valence-corrected chi connectivity index (χ4v) is 4.10. The van der Waals surface area contributed by atoms with Crippen molar-refractivity contribution in [3.63, 3.8) is 0 Å². The molecule has 8 nitrogen and oxygen atoms in total. The van der Waals surface area contributed by atoms with Gasteiger partial charge in [0.05, 0.1) is 36.6 Å². The van der Waals surface area contributed by atoms with Gasteiger partial charge in [-0.3, -0.25) is 0 Å². The lowest BCUT2D eigenvalue weighted by Gasteiger charge is -2.39. The van der Waals surface area contributed by atoms with Gasteiger partial charge in [0.2, 0.25) is 0 Å². The third-order valence-electron chi connectivity index (χ3n) is 5.97. The van der Waals surface area contributed by atoms with E-state index in [1.54, 1.807) is 30.8 Å². The number of terminal acetylenes is 1. The van der Waals surface area contributed by atoms with E-state index in [0.29, 0.717) is 16.8 Å². The molecule has 4 heterocycles. The van der Waals surface area contributed by atoms with Crippen molar-refractivity contribution in [2.75, 3.05) is 24.6 Å². The quantitative estimate of drug-likeness (QED) is 0.401. The molecule has 1 aromatic carbocycles. The molecule has 1 aliphatic heterocycles. The van der Waals surface area contributed by atoms with Gasteiger partial charge in [-0.05, 0) is 56.3 Å². The maximum atomic E-state index is 9.76. The minimum absolute atomic E-state index is 0.0751. The number of nitrogens with zero attached hydrogens (tertiary/aromatic N) is 5. The number of benzene rings is 1. The Morgan fingerprint density at radius 2 is 1.92 bits per heavy atom. The highest BCUT2D eigenvalue weighted by Crippen LogP contribution is 2.32. The number of pyridine rings is 2. The Hall–Kier alpha value is -4.97. The second-order valence-corrected chi connectivity index (χ2v) is 9.42. The highest BCUT2D eigenvalue weighted by Gasteiger charge is 2.29. The third-order valence-corrected chi connectivity index (χ3v) is 5.97. The average Bonchev–Trinajstić information content (AvgIpc) is 3.31. The number of hydrogen-bond acceptors (Lipinski definition) is 7. The van der Waals surface area contributed by atoms with E-state index in [9.17, 15) is 10.4 Å². The molecule has 0 unspecified atom stereocenters. The largest absolute Gasteiger partial charge is 0.487 e. The first-order valence-corrected chi connectivity index (χ1v) is 12.0. The Kier molecular flexibility index (Phi) is 6.62. The van der Waals surface area contributed by atoms with Crippen LogP contribution < -0.4 is 14.4 Å². The normalized spacial score (nSPS) is 13.1. The summed E-state index contributed by atoms with van der Waals surface area (Å²) >= 11 is 0. The van der Waals surface area contributed by atoms with Gasteiger partial charge in [0.15, 0.2) is 0 Å². The molecule has 4 aromatic rings. The van der Waals surface area contributed by atoms with E-state index >= 15 is 0 Å². The van der Waals surface area contributed by atoms with E-state index in [1.807, 2.05) is 42.5 Å². The Balaban J connectivity index is 1.31. The van der Waals surface area contributed by atoms with Crippen molar-refractivity contribution < 1.29 is 14.6 Å². The molecule has 1 aliphatic rings. The van der Waals surface area contributed by atoms with Crippen LogP contribution in [0.4, 0.5) is 5.82 Å². The van der Waals surface area contributed by atoms with Crippen molar-refractivity contribution in [1.82, 2.24) is 14.6 Å². The molecule has 0 saturated carbocycles. The van der Waals surface area contributed by atoms with Crippen molar-refractivity contribution in [3.05, 3.63) is 72.2 Å². The summed E-state index contributed by atoms with van der Waals surface area (Å²) in [5.41, 5.74) is 2.45. The summed E-state index contributed by atoms with van der Waals surface area (Å²) in [6, 6.07) is 15.5. The van der Waals surface area contributed by atoms with Crippen molar-refractivity contribution in [3.8, 4) is 52.9 Å². The number of rotatable bonds is 6. The number of nitriles is 1. The molecule has 0 spiro atoms. The summed E-state index contributed by atoms with van der Waals surface area (Å²) in [5.74, 6) is 10.3. The molecule has 1 N–H and O–H groups in total. The van der Waals surface area contributed by atoms with E-state index in [0.717, 1.165) is 41.3 Å². The maximum absolute atomic E-state index is 9.76. The molecule has 0 bridgehead atoms. The smallest absolute Gasteiger partial charge is 0.149 e. The van der Waals surface area contributed by atoms with Gasteiger partial charge in [0.1, 0.15) is 41.7 Å². The van der Waals surface area contributed by atoms with Gasteiger partial charge in [0, 0.05) is 22.9 Å². The first kappa shape index (κ1) is 24.7. The number of anilines is 1. The van der Waals surface area contributed by atoms with Crippen LogP contribution >= 0.6 is 0 Å². The van der Waals surface area contributed by atoms with Crippen LogP contribution in [0.1, 0.15) is 25.0 Å². The summed E-state index contributed by atoms with van der Waals surface area (Å²) in [7, 11) is 0. The van der Waals surface area contributed by atoms with Gasteiger partial charge in [-0.2, -0.15) is 10.4 Å². The van der Waals surface area contributed by atoms with E-state index in [1.165, 1.54) is 6.20 Å². The molecule has 188 valence electrons. The van der Waals surface area contributed by atoms with Crippen molar-refractivity contribution in [2.45, 2.75) is 25.6 Å². The van der Waals surface area contributed by atoms with Crippen molar-refractivity contribution in [2.24, 2.45) is 0 Å². The zero-order valence-electron chi connectivity index (χ0n) is 21.0. The topological polar surface area (TPSA) is 95.9 Å². The van der Waals surface area contributed by atoms with Crippen LogP contribution in [0.15, 0.2) is 61.1 Å². The van der Waals surface area contributed by atoms with Crippen molar-refractivity contribution in [1.29, 1.82) is 5.26 Å². The van der Waals surface area contributed by atoms with E-state index < -0.39 is 5.60 Å². The lowest BCUT2D eigenvalue weighted by molar-refractivity contribution is 0.143. The lowest BCUT2D eigenvalue weighted by Crippen LogP contribution is -2.54. The zero-order chi connectivity index (χ0) is 26.7. The van der Waals surface area contributed by atoms with Crippen LogP contribution in [0, 0.1) is 35.5 Å². The Bertz CT molecular complexity index is 1600.